The van der Waals surface area contributed by atoms with Crippen LogP contribution in [0.3, 0.4) is 0 Å². The molecule has 3 rings (SSSR count). The van der Waals surface area contributed by atoms with E-state index in [0.717, 1.165) is 5.52 Å². The molecule has 124 valence electrons. The Balaban J connectivity index is 1.73. The number of pyridine rings is 1. The lowest BCUT2D eigenvalue weighted by molar-refractivity contribution is -0.0499. The first-order chi connectivity index (χ1) is 11.5. The van der Waals surface area contributed by atoms with E-state index in [9.17, 15) is 13.6 Å². The van der Waals surface area contributed by atoms with Crippen LogP contribution in [-0.4, -0.2) is 21.9 Å². The van der Waals surface area contributed by atoms with Crippen molar-refractivity contribution < 1.29 is 18.3 Å². The van der Waals surface area contributed by atoms with Crippen molar-refractivity contribution in [2.75, 3.05) is 0 Å². The molecule has 3 aromatic rings. The zero-order valence-corrected chi connectivity index (χ0v) is 12.8. The number of ether oxygens (including phenoxy) is 1. The molecular weight excluding hydrogens is 316 g/mol. The molecule has 0 saturated heterocycles. The molecule has 7 heteroatoms. The fourth-order valence-corrected chi connectivity index (χ4v) is 2.38. The number of nitrogens with zero attached hydrogens (tertiary/aromatic N) is 2. The lowest BCUT2D eigenvalue weighted by Crippen LogP contribution is -2.26. The van der Waals surface area contributed by atoms with Crippen molar-refractivity contribution in [2.45, 2.75) is 19.6 Å². The molecule has 0 fully saturated rings. The number of halogens is 2. The third kappa shape index (κ3) is 3.51. The number of nitrogens with one attached hydrogen (secondary N) is 1. The molecule has 0 aliphatic heterocycles. The Labute approximate surface area is 136 Å². The number of alkyl halides is 2. The van der Waals surface area contributed by atoms with E-state index in [2.05, 4.69) is 15.0 Å². The second kappa shape index (κ2) is 6.66. The van der Waals surface area contributed by atoms with Crippen molar-refractivity contribution in [1.82, 2.24) is 14.7 Å². The molecule has 0 bridgehead atoms. The van der Waals surface area contributed by atoms with Crippen LogP contribution < -0.4 is 10.1 Å². The molecule has 0 saturated carbocycles. The average molecular weight is 331 g/mol. The first-order valence-electron chi connectivity index (χ1n) is 7.30. The van der Waals surface area contributed by atoms with Gasteiger partial charge in [0.05, 0.1) is 24.1 Å². The monoisotopic (exact) mass is 331 g/mol. The van der Waals surface area contributed by atoms with E-state index >= 15 is 0 Å². The molecule has 0 spiro atoms. The minimum Gasteiger partial charge on any atom is -0.435 e. The predicted octanol–water partition coefficient (Wildman–Crippen LogP) is 3.43. The molecule has 5 nitrogen and oxygen atoms in total. The molecule has 24 heavy (non-hydrogen) atoms. The zero-order valence-electron chi connectivity index (χ0n) is 12.8. The molecule has 2 aromatic heterocycles. The molecule has 0 aliphatic carbocycles. The first kappa shape index (κ1) is 15.9. The largest absolute Gasteiger partial charge is 0.435 e. The summed E-state index contributed by atoms with van der Waals surface area (Å²) in [5.41, 5.74) is 1.98. The SMILES string of the molecule is CC(NC(=O)c1ccn2cncc2c1)c1cccc(OC(F)F)c1. The maximum absolute atomic E-state index is 12.4. The molecule has 1 atom stereocenters. The molecule has 0 aliphatic rings. The van der Waals surface area contributed by atoms with E-state index in [0.29, 0.717) is 11.1 Å². The second-order valence-corrected chi connectivity index (χ2v) is 5.29. The molecule has 1 amide bonds. The molecule has 1 unspecified atom stereocenters. The van der Waals surface area contributed by atoms with Crippen LogP contribution in [0.15, 0.2) is 55.1 Å². The average Bonchev–Trinajstić information content (AvgIpc) is 3.02. The van der Waals surface area contributed by atoms with Crippen LogP contribution >= 0.6 is 0 Å². The van der Waals surface area contributed by atoms with Crippen LogP contribution in [0.4, 0.5) is 8.78 Å². The van der Waals surface area contributed by atoms with Crippen molar-refractivity contribution in [3.63, 3.8) is 0 Å². The third-order valence-corrected chi connectivity index (χ3v) is 3.61. The van der Waals surface area contributed by atoms with Gasteiger partial charge in [-0.1, -0.05) is 12.1 Å². The number of hydrogen-bond donors (Lipinski definition) is 1. The number of carbonyl (C=O) groups excluding carboxylic acids is 1. The Morgan fingerprint density at radius 1 is 1.29 bits per heavy atom. The predicted molar refractivity (Wildman–Crippen MR) is 84.1 cm³/mol. The van der Waals surface area contributed by atoms with E-state index in [-0.39, 0.29) is 17.7 Å². The summed E-state index contributed by atoms with van der Waals surface area (Å²) >= 11 is 0. The quantitative estimate of drug-likeness (QED) is 0.779. The van der Waals surface area contributed by atoms with Gasteiger partial charge in [-0.2, -0.15) is 8.78 Å². The van der Waals surface area contributed by atoms with Crippen molar-refractivity contribution >= 4 is 11.4 Å². The number of aromatic nitrogens is 2. The van der Waals surface area contributed by atoms with E-state index in [1.807, 2.05) is 0 Å². The Morgan fingerprint density at radius 3 is 2.92 bits per heavy atom. The second-order valence-electron chi connectivity index (χ2n) is 5.29. The normalized spacial score (nSPS) is 12.3. The van der Waals surface area contributed by atoms with Gasteiger partial charge in [-0.3, -0.25) is 4.79 Å². The van der Waals surface area contributed by atoms with E-state index < -0.39 is 6.61 Å². The van der Waals surface area contributed by atoms with Crippen LogP contribution in [0, 0.1) is 0 Å². The first-order valence-corrected chi connectivity index (χ1v) is 7.30. The lowest BCUT2D eigenvalue weighted by atomic mass is 10.1. The van der Waals surface area contributed by atoms with Crippen LogP contribution in [0.1, 0.15) is 28.9 Å². The fourth-order valence-electron chi connectivity index (χ4n) is 2.38. The standard InChI is InChI=1S/C17H15F2N3O2/c1-11(12-3-2-4-15(8-12)24-17(18)19)21-16(23)13-5-6-22-10-20-9-14(22)7-13/h2-11,17H,1H3,(H,21,23). The minimum atomic E-state index is -2.88. The summed E-state index contributed by atoms with van der Waals surface area (Å²) in [6.07, 6.45) is 5.05. The van der Waals surface area contributed by atoms with Crippen LogP contribution in [0.5, 0.6) is 5.75 Å². The van der Waals surface area contributed by atoms with Gasteiger partial charge >= 0.3 is 6.61 Å². The Kier molecular flexibility index (Phi) is 4.41. The number of rotatable bonds is 5. The molecule has 2 heterocycles. The fraction of sp³-hybridized carbons (Fsp3) is 0.176. The van der Waals surface area contributed by atoms with Crippen molar-refractivity contribution in [2.24, 2.45) is 0 Å². The number of carbonyl (C=O) groups is 1. The third-order valence-electron chi connectivity index (χ3n) is 3.61. The summed E-state index contributed by atoms with van der Waals surface area (Å²) < 4.78 is 30.7. The summed E-state index contributed by atoms with van der Waals surface area (Å²) in [6.45, 7) is -1.11. The maximum atomic E-state index is 12.4. The van der Waals surface area contributed by atoms with Gasteiger partial charge in [0.2, 0.25) is 0 Å². The van der Waals surface area contributed by atoms with Gasteiger partial charge in [-0.15, -0.1) is 0 Å². The van der Waals surface area contributed by atoms with Crippen molar-refractivity contribution in [1.29, 1.82) is 0 Å². The summed E-state index contributed by atoms with van der Waals surface area (Å²) in [5, 5.41) is 2.84. The van der Waals surface area contributed by atoms with Gasteiger partial charge < -0.3 is 14.5 Å². The molecular formula is C17H15F2N3O2. The summed E-state index contributed by atoms with van der Waals surface area (Å²) in [6, 6.07) is 9.32. The van der Waals surface area contributed by atoms with Crippen LogP contribution in [-0.2, 0) is 0 Å². The van der Waals surface area contributed by atoms with Crippen molar-refractivity contribution in [3.8, 4) is 5.75 Å². The van der Waals surface area contributed by atoms with Gasteiger partial charge in [0.15, 0.2) is 0 Å². The van der Waals surface area contributed by atoms with E-state index in [1.54, 1.807) is 54.3 Å². The lowest BCUT2D eigenvalue weighted by Gasteiger charge is -2.15. The maximum Gasteiger partial charge on any atom is 0.387 e. The number of fused-ring (bicyclic) bond motifs is 1. The van der Waals surface area contributed by atoms with Crippen molar-refractivity contribution in [3.05, 3.63) is 66.2 Å². The van der Waals surface area contributed by atoms with Gasteiger partial charge in [0.1, 0.15) is 5.75 Å². The van der Waals surface area contributed by atoms with Gasteiger partial charge in [-0.25, -0.2) is 4.98 Å². The van der Waals surface area contributed by atoms with Gasteiger partial charge in [0.25, 0.3) is 5.91 Å². The topological polar surface area (TPSA) is 55.6 Å². The number of hydrogen-bond acceptors (Lipinski definition) is 3. The summed E-state index contributed by atoms with van der Waals surface area (Å²) in [5.74, 6) is -0.198. The molecule has 0 radical (unpaired) electrons. The highest BCUT2D eigenvalue weighted by molar-refractivity contribution is 5.95. The highest BCUT2D eigenvalue weighted by Crippen LogP contribution is 2.21. The minimum absolute atomic E-state index is 0.0595. The molecule has 1 N–H and O–H groups in total. The number of imidazole rings is 1. The smallest absolute Gasteiger partial charge is 0.387 e. The van der Waals surface area contributed by atoms with E-state index in [4.69, 9.17) is 0 Å². The van der Waals surface area contributed by atoms with Crippen LogP contribution in [0.2, 0.25) is 0 Å². The Bertz CT molecular complexity index is 864. The summed E-state index contributed by atoms with van der Waals surface area (Å²) in [4.78, 5) is 16.4. The van der Waals surface area contributed by atoms with Gasteiger partial charge in [-0.05, 0) is 36.8 Å². The Morgan fingerprint density at radius 2 is 2.12 bits per heavy atom. The Hall–Kier alpha value is -2.96. The van der Waals surface area contributed by atoms with E-state index in [1.165, 1.54) is 12.1 Å². The van der Waals surface area contributed by atoms with Gasteiger partial charge in [0, 0.05) is 11.8 Å². The summed E-state index contributed by atoms with van der Waals surface area (Å²) in [7, 11) is 0. The highest BCUT2D eigenvalue weighted by Gasteiger charge is 2.13. The number of amides is 1. The number of benzene rings is 1. The molecule has 1 aromatic carbocycles. The highest BCUT2D eigenvalue weighted by atomic mass is 19.3. The van der Waals surface area contributed by atoms with Crippen LogP contribution in [0.25, 0.3) is 5.52 Å². The zero-order chi connectivity index (χ0) is 17.1.